The number of alkyl halides is 3. The van der Waals surface area contributed by atoms with Gasteiger partial charge in [-0.3, -0.25) is 0 Å². The van der Waals surface area contributed by atoms with Crippen LogP contribution >= 0.6 is 0 Å². The van der Waals surface area contributed by atoms with Crippen LogP contribution in [0, 0.1) is 0 Å². The van der Waals surface area contributed by atoms with Crippen molar-refractivity contribution in [1.29, 1.82) is 0 Å². The molecule has 0 amide bonds. The maximum atomic E-state index is 11.3. The average Bonchev–Trinajstić information content (AvgIpc) is 1.69. The van der Waals surface area contributed by atoms with Crippen LogP contribution in [0.5, 0.6) is 0 Å². The van der Waals surface area contributed by atoms with Crippen LogP contribution in [0.3, 0.4) is 0 Å². The average molecular weight is 128 g/mol. The molecule has 0 aliphatic carbocycles. The van der Waals surface area contributed by atoms with Gasteiger partial charge in [-0.2, -0.15) is 0 Å². The van der Waals surface area contributed by atoms with Gasteiger partial charge in [-0.05, 0) is 0 Å². The molecule has 50 valence electrons. The second-order valence-electron chi connectivity index (χ2n) is 1.26. The van der Waals surface area contributed by atoms with E-state index in [1.54, 1.807) is 0 Å². The summed E-state index contributed by atoms with van der Waals surface area (Å²) in [6.07, 6.45) is -4.26. The van der Waals surface area contributed by atoms with Gasteiger partial charge in [-0.1, -0.05) is 0 Å². The lowest BCUT2D eigenvalue weighted by Gasteiger charge is -2.07. The van der Waals surface area contributed by atoms with E-state index >= 15 is 0 Å². The highest BCUT2D eigenvalue weighted by Crippen LogP contribution is 2.03. The first kappa shape index (κ1) is 7.75. The van der Waals surface area contributed by atoms with Crippen LogP contribution in [0.1, 0.15) is 0 Å². The van der Waals surface area contributed by atoms with Gasteiger partial charge in [0.2, 0.25) is 0 Å². The highest BCUT2D eigenvalue weighted by atomic mass is 19.3. The van der Waals surface area contributed by atoms with E-state index in [2.05, 4.69) is 4.74 Å². The van der Waals surface area contributed by atoms with Crippen molar-refractivity contribution in [2.24, 2.45) is 0 Å². The van der Waals surface area contributed by atoms with Gasteiger partial charge in [0.15, 0.2) is 0 Å². The molecule has 0 bridgehead atoms. The van der Waals surface area contributed by atoms with Crippen molar-refractivity contribution in [3.8, 4) is 0 Å². The van der Waals surface area contributed by atoms with Crippen LogP contribution in [0.2, 0.25) is 0 Å². The molecule has 0 aromatic heterocycles. The topological polar surface area (TPSA) is 9.23 Å². The fourth-order valence-corrected chi connectivity index (χ4v) is 0.233. The van der Waals surface area contributed by atoms with E-state index in [4.69, 9.17) is 0 Å². The van der Waals surface area contributed by atoms with Crippen LogP contribution in [-0.4, -0.2) is 26.3 Å². The van der Waals surface area contributed by atoms with E-state index in [0.29, 0.717) is 0 Å². The van der Waals surface area contributed by atoms with Crippen LogP contribution in [0.4, 0.5) is 13.2 Å². The summed E-state index contributed by atoms with van der Waals surface area (Å²) in [4.78, 5) is 0. The summed E-state index contributed by atoms with van der Waals surface area (Å²) in [6, 6.07) is 0. The Bertz CT molecular complexity index is 53.2. The smallest absolute Gasteiger partial charge is 0.266 e. The Morgan fingerprint density at radius 1 is 1.50 bits per heavy atom. The number of hydrogen-bond donors (Lipinski definition) is 0. The van der Waals surface area contributed by atoms with Crippen molar-refractivity contribution < 1.29 is 17.9 Å². The summed E-state index contributed by atoms with van der Waals surface area (Å²) in [7, 11) is 1.05. The van der Waals surface area contributed by atoms with E-state index in [9.17, 15) is 13.2 Å². The molecule has 8 heavy (non-hydrogen) atoms. The minimum atomic E-state index is -2.72. The second-order valence-corrected chi connectivity index (χ2v) is 1.26. The zero-order valence-corrected chi connectivity index (χ0v) is 4.40. The minimum Gasteiger partial charge on any atom is -0.373 e. The Kier molecular flexibility index (Phi) is 3.60. The quantitative estimate of drug-likeness (QED) is 0.555. The molecule has 1 nitrogen and oxygen atoms in total. The van der Waals surface area contributed by atoms with Crippen LogP contribution in [0.25, 0.3) is 0 Å². The molecule has 4 heteroatoms. The number of methoxy groups -OCH3 is 1. The lowest BCUT2D eigenvalue weighted by Crippen LogP contribution is -2.22. The van der Waals surface area contributed by atoms with E-state index in [0.717, 1.165) is 7.11 Å². The normalized spacial score (nSPS) is 14.6. The van der Waals surface area contributed by atoms with Crippen LogP contribution < -0.4 is 0 Å². The van der Waals surface area contributed by atoms with E-state index < -0.39 is 19.2 Å². The van der Waals surface area contributed by atoms with Crippen molar-refractivity contribution in [3.05, 3.63) is 0 Å². The molecule has 0 radical (unpaired) electrons. The van der Waals surface area contributed by atoms with Gasteiger partial charge in [0.05, 0.1) is 0 Å². The van der Waals surface area contributed by atoms with Gasteiger partial charge in [0.1, 0.15) is 12.8 Å². The van der Waals surface area contributed by atoms with Gasteiger partial charge in [-0.15, -0.1) is 0 Å². The van der Waals surface area contributed by atoms with Gasteiger partial charge in [0.25, 0.3) is 6.43 Å². The number of rotatable bonds is 3. The molecule has 0 rings (SSSR count). The van der Waals surface area contributed by atoms with Gasteiger partial charge in [0, 0.05) is 7.11 Å². The lowest BCUT2D eigenvalue weighted by molar-refractivity contribution is -0.0434. The highest BCUT2D eigenvalue weighted by Gasteiger charge is 2.18. The molecule has 1 unspecified atom stereocenters. The minimum absolute atomic E-state index is 1.05. The molecule has 0 saturated carbocycles. The summed E-state index contributed by atoms with van der Waals surface area (Å²) in [5.74, 6) is 0. The number of hydrogen-bond acceptors (Lipinski definition) is 1. The Balaban J connectivity index is 3.35. The van der Waals surface area contributed by atoms with Gasteiger partial charge < -0.3 is 4.74 Å². The largest absolute Gasteiger partial charge is 0.373 e. The molecule has 0 aromatic carbocycles. The molecule has 0 aliphatic rings. The molecule has 0 spiro atoms. The third-order valence-electron chi connectivity index (χ3n) is 0.736. The Morgan fingerprint density at radius 3 is 2.00 bits per heavy atom. The van der Waals surface area contributed by atoms with Crippen molar-refractivity contribution >= 4 is 0 Å². The van der Waals surface area contributed by atoms with Gasteiger partial charge in [-0.25, -0.2) is 13.2 Å². The molecular formula is C4H7F3O. The SMILES string of the molecule is COC(CF)C(F)F. The Labute approximate surface area is 45.4 Å². The molecular weight excluding hydrogens is 121 g/mol. The Morgan fingerprint density at radius 2 is 2.00 bits per heavy atom. The molecule has 0 saturated heterocycles. The molecule has 0 N–H and O–H groups in total. The zero-order chi connectivity index (χ0) is 6.57. The van der Waals surface area contributed by atoms with E-state index in [-0.39, 0.29) is 0 Å². The molecule has 1 atom stereocenters. The van der Waals surface area contributed by atoms with Gasteiger partial charge >= 0.3 is 0 Å². The Hall–Kier alpha value is -0.250. The monoisotopic (exact) mass is 128 g/mol. The summed E-state index contributed by atoms with van der Waals surface area (Å²) in [5, 5.41) is 0. The summed E-state index contributed by atoms with van der Waals surface area (Å²) >= 11 is 0. The highest BCUT2D eigenvalue weighted by molar-refractivity contribution is 4.55. The zero-order valence-electron chi connectivity index (χ0n) is 4.40. The molecule has 0 aliphatic heterocycles. The van der Waals surface area contributed by atoms with Crippen molar-refractivity contribution in [2.75, 3.05) is 13.8 Å². The third-order valence-corrected chi connectivity index (χ3v) is 0.736. The van der Waals surface area contributed by atoms with E-state index in [1.807, 2.05) is 0 Å². The molecule has 0 fully saturated rings. The summed E-state index contributed by atoms with van der Waals surface area (Å²) < 4.78 is 38.0. The van der Waals surface area contributed by atoms with Crippen molar-refractivity contribution in [2.45, 2.75) is 12.5 Å². The first-order valence-electron chi connectivity index (χ1n) is 2.09. The first-order valence-corrected chi connectivity index (χ1v) is 2.09. The maximum Gasteiger partial charge on any atom is 0.266 e. The predicted molar refractivity (Wildman–Crippen MR) is 22.8 cm³/mol. The number of ether oxygens (including phenoxy) is 1. The standard InChI is InChI=1S/C4H7F3O/c1-8-3(2-5)4(6)7/h3-4H,2H2,1H3. The fourth-order valence-electron chi connectivity index (χ4n) is 0.233. The predicted octanol–water partition coefficient (Wildman–Crippen LogP) is 1.24. The number of halogens is 3. The summed E-state index contributed by atoms with van der Waals surface area (Å²) in [5.41, 5.74) is 0. The van der Waals surface area contributed by atoms with Crippen LogP contribution in [-0.2, 0) is 4.74 Å². The first-order chi connectivity index (χ1) is 3.72. The third kappa shape index (κ3) is 2.16. The van der Waals surface area contributed by atoms with E-state index in [1.165, 1.54) is 0 Å². The van der Waals surface area contributed by atoms with Crippen LogP contribution in [0.15, 0.2) is 0 Å². The fraction of sp³-hybridized carbons (Fsp3) is 1.00. The van der Waals surface area contributed by atoms with Crippen molar-refractivity contribution in [1.82, 2.24) is 0 Å². The maximum absolute atomic E-state index is 11.3. The summed E-state index contributed by atoms with van der Waals surface area (Å²) in [6.45, 7) is -1.13. The lowest BCUT2D eigenvalue weighted by atomic mass is 10.4. The second kappa shape index (κ2) is 3.72. The molecule has 0 aromatic rings. The van der Waals surface area contributed by atoms with Crippen molar-refractivity contribution in [3.63, 3.8) is 0 Å². The molecule has 0 heterocycles.